The Bertz CT molecular complexity index is 692. The molecule has 0 aromatic heterocycles. The zero-order chi connectivity index (χ0) is 14.9. The second kappa shape index (κ2) is 5.34. The first-order chi connectivity index (χ1) is 9.38. The van der Waals surface area contributed by atoms with Gasteiger partial charge in [0.2, 0.25) is 0 Å². The van der Waals surface area contributed by atoms with Gasteiger partial charge in [-0.2, -0.15) is 0 Å². The van der Waals surface area contributed by atoms with Crippen LogP contribution in [0.3, 0.4) is 0 Å². The fourth-order valence-corrected chi connectivity index (χ4v) is 1.78. The van der Waals surface area contributed by atoms with Crippen LogP contribution in [0.4, 0.5) is 25.8 Å². The summed E-state index contributed by atoms with van der Waals surface area (Å²) >= 11 is 5.60. The fraction of sp³-hybridized carbons (Fsp3) is 0. The third kappa shape index (κ3) is 2.80. The van der Waals surface area contributed by atoms with Crippen molar-refractivity contribution in [3.8, 4) is 0 Å². The van der Waals surface area contributed by atoms with Crippen molar-refractivity contribution in [2.75, 3.05) is 11.1 Å². The summed E-state index contributed by atoms with van der Waals surface area (Å²) in [5, 5.41) is 11.4. The van der Waals surface area contributed by atoms with Crippen LogP contribution < -0.4 is 11.1 Å². The van der Waals surface area contributed by atoms with E-state index in [0.29, 0.717) is 5.69 Å². The van der Waals surface area contributed by atoms with Gasteiger partial charge < -0.3 is 16.2 Å². The van der Waals surface area contributed by atoms with E-state index in [1.165, 1.54) is 12.1 Å². The highest BCUT2D eigenvalue weighted by Gasteiger charge is 2.13. The molecular formula is C13H9ClF2N2O2. The molecule has 0 aliphatic heterocycles. The Kier molecular flexibility index (Phi) is 3.76. The van der Waals surface area contributed by atoms with Gasteiger partial charge in [-0.3, -0.25) is 0 Å². The molecule has 0 spiro atoms. The number of nitrogens with one attached hydrogen (secondary N) is 1. The molecule has 0 amide bonds. The number of carboxylic acids is 1. The van der Waals surface area contributed by atoms with Gasteiger partial charge in [0.15, 0.2) is 0 Å². The van der Waals surface area contributed by atoms with Gasteiger partial charge in [0.25, 0.3) is 0 Å². The maximum Gasteiger partial charge on any atom is 0.337 e. The first-order valence-electron chi connectivity index (χ1n) is 5.43. The lowest BCUT2D eigenvalue weighted by Gasteiger charge is -2.10. The molecule has 0 bridgehead atoms. The Morgan fingerprint density at radius 3 is 2.50 bits per heavy atom. The Hall–Kier alpha value is -2.34. The lowest BCUT2D eigenvalue weighted by Crippen LogP contribution is -2.05. The molecule has 0 saturated carbocycles. The van der Waals surface area contributed by atoms with Crippen molar-refractivity contribution >= 4 is 34.6 Å². The SMILES string of the molecule is Nc1cc(F)c(Nc2ccc(F)c(Cl)c2)cc1C(=O)O. The highest BCUT2D eigenvalue weighted by atomic mass is 35.5. The molecule has 20 heavy (non-hydrogen) atoms. The van der Waals surface area contributed by atoms with Gasteiger partial charge in [-0.05, 0) is 30.3 Å². The number of anilines is 3. The number of hydrogen-bond acceptors (Lipinski definition) is 3. The Morgan fingerprint density at radius 1 is 1.20 bits per heavy atom. The largest absolute Gasteiger partial charge is 0.478 e. The fourth-order valence-electron chi connectivity index (χ4n) is 1.60. The Labute approximate surface area is 117 Å². The zero-order valence-electron chi connectivity index (χ0n) is 9.95. The predicted molar refractivity (Wildman–Crippen MR) is 72.5 cm³/mol. The number of rotatable bonds is 3. The Morgan fingerprint density at radius 2 is 1.90 bits per heavy atom. The molecule has 0 saturated heterocycles. The van der Waals surface area contributed by atoms with Gasteiger partial charge >= 0.3 is 5.97 Å². The summed E-state index contributed by atoms with van der Waals surface area (Å²) in [5.41, 5.74) is 5.21. The van der Waals surface area contributed by atoms with E-state index in [9.17, 15) is 13.6 Å². The number of nitrogens with two attached hydrogens (primary N) is 1. The predicted octanol–water partition coefficient (Wildman–Crippen LogP) is 3.64. The van der Waals surface area contributed by atoms with Crippen molar-refractivity contribution in [2.24, 2.45) is 0 Å². The summed E-state index contributed by atoms with van der Waals surface area (Å²) in [5.74, 6) is -2.61. The summed E-state index contributed by atoms with van der Waals surface area (Å²) in [6.07, 6.45) is 0. The van der Waals surface area contributed by atoms with E-state index in [-0.39, 0.29) is 22.0 Å². The summed E-state index contributed by atoms with van der Waals surface area (Å²) in [7, 11) is 0. The lowest BCUT2D eigenvalue weighted by molar-refractivity contribution is 0.0698. The molecule has 0 aliphatic carbocycles. The van der Waals surface area contributed by atoms with Crippen LogP contribution in [0.1, 0.15) is 10.4 Å². The van der Waals surface area contributed by atoms with E-state index in [1.807, 2.05) is 0 Å². The van der Waals surface area contributed by atoms with Gasteiger partial charge in [-0.15, -0.1) is 0 Å². The maximum absolute atomic E-state index is 13.7. The monoisotopic (exact) mass is 298 g/mol. The number of benzene rings is 2. The van der Waals surface area contributed by atoms with Crippen LogP contribution in [-0.2, 0) is 0 Å². The summed E-state index contributed by atoms with van der Waals surface area (Å²) < 4.78 is 26.7. The number of nitrogen functional groups attached to an aromatic ring is 1. The molecule has 0 heterocycles. The molecule has 0 unspecified atom stereocenters. The number of carboxylic acid groups (broad SMARTS) is 1. The second-order valence-corrected chi connectivity index (χ2v) is 4.39. The van der Waals surface area contributed by atoms with Crippen molar-refractivity contribution in [1.29, 1.82) is 0 Å². The maximum atomic E-state index is 13.7. The van der Waals surface area contributed by atoms with Gasteiger partial charge in [0.1, 0.15) is 11.6 Å². The van der Waals surface area contributed by atoms with Crippen LogP contribution in [0, 0.1) is 11.6 Å². The summed E-state index contributed by atoms with van der Waals surface area (Å²) in [4.78, 5) is 10.9. The normalized spacial score (nSPS) is 10.3. The van der Waals surface area contributed by atoms with Crippen molar-refractivity contribution < 1.29 is 18.7 Å². The van der Waals surface area contributed by atoms with Crippen molar-refractivity contribution in [2.45, 2.75) is 0 Å². The van der Waals surface area contributed by atoms with E-state index in [1.54, 1.807) is 0 Å². The first kappa shape index (κ1) is 14.1. The van der Waals surface area contributed by atoms with E-state index in [2.05, 4.69) is 5.32 Å². The smallest absolute Gasteiger partial charge is 0.337 e. The number of carbonyl (C=O) groups is 1. The number of halogens is 3. The molecule has 4 N–H and O–H groups in total. The Balaban J connectivity index is 2.40. The second-order valence-electron chi connectivity index (χ2n) is 3.98. The van der Waals surface area contributed by atoms with Gasteiger partial charge in [0, 0.05) is 11.4 Å². The minimum Gasteiger partial charge on any atom is -0.478 e. The van der Waals surface area contributed by atoms with Crippen molar-refractivity contribution in [3.63, 3.8) is 0 Å². The van der Waals surface area contributed by atoms with Gasteiger partial charge in [0.05, 0.1) is 16.3 Å². The molecule has 2 rings (SSSR count). The van der Waals surface area contributed by atoms with E-state index >= 15 is 0 Å². The number of hydrogen-bond donors (Lipinski definition) is 3. The number of aromatic carboxylic acids is 1. The molecule has 4 nitrogen and oxygen atoms in total. The minimum absolute atomic E-state index is 0.0979. The van der Waals surface area contributed by atoms with Crippen LogP contribution in [0.15, 0.2) is 30.3 Å². The first-order valence-corrected chi connectivity index (χ1v) is 5.80. The van der Waals surface area contributed by atoms with Gasteiger partial charge in [-0.25, -0.2) is 13.6 Å². The van der Waals surface area contributed by atoms with Crippen LogP contribution in [-0.4, -0.2) is 11.1 Å². The highest BCUT2D eigenvalue weighted by molar-refractivity contribution is 6.31. The van der Waals surface area contributed by atoms with E-state index in [4.69, 9.17) is 22.4 Å². The van der Waals surface area contributed by atoms with Crippen LogP contribution in [0.25, 0.3) is 0 Å². The molecule has 0 aliphatic rings. The van der Waals surface area contributed by atoms with E-state index < -0.39 is 17.6 Å². The zero-order valence-corrected chi connectivity index (χ0v) is 10.7. The minimum atomic E-state index is -1.28. The molecule has 7 heteroatoms. The van der Waals surface area contributed by atoms with Crippen molar-refractivity contribution in [3.05, 3.63) is 52.6 Å². The lowest BCUT2D eigenvalue weighted by atomic mass is 10.1. The van der Waals surface area contributed by atoms with Crippen LogP contribution in [0.5, 0.6) is 0 Å². The third-order valence-corrected chi connectivity index (χ3v) is 2.86. The third-order valence-electron chi connectivity index (χ3n) is 2.57. The summed E-state index contributed by atoms with van der Waals surface area (Å²) in [6.45, 7) is 0. The summed E-state index contributed by atoms with van der Waals surface area (Å²) in [6, 6.07) is 5.67. The molecule has 0 atom stereocenters. The van der Waals surface area contributed by atoms with E-state index in [0.717, 1.165) is 18.2 Å². The van der Waals surface area contributed by atoms with Crippen LogP contribution >= 0.6 is 11.6 Å². The molecule has 2 aromatic carbocycles. The quantitative estimate of drug-likeness (QED) is 0.756. The molecule has 2 aromatic rings. The average molecular weight is 299 g/mol. The molecule has 0 radical (unpaired) electrons. The van der Waals surface area contributed by atoms with Crippen molar-refractivity contribution in [1.82, 2.24) is 0 Å². The molecular weight excluding hydrogens is 290 g/mol. The van der Waals surface area contributed by atoms with Gasteiger partial charge in [-0.1, -0.05) is 11.6 Å². The van der Waals surface area contributed by atoms with Crippen LogP contribution in [0.2, 0.25) is 5.02 Å². The average Bonchev–Trinajstić information content (AvgIpc) is 2.36. The standard InChI is InChI=1S/C13H9ClF2N2O2/c14-8-3-6(1-2-9(8)15)18-12-4-7(13(19)20)11(17)5-10(12)16/h1-5,18H,17H2,(H,19,20). The topological polar surface area (TPSA) is 75.3 Å². The highest BCUT2D eigenvalue weighted by Crippen LogP contribution is 2.27. The molecule has 104 valence electrons. The molecule has 0 fully saturated rings.